The second-order valence-electron chi connectivity index (χ2n) is 4.58. The van der Waals surface area contributed by atoms with E-state index in [1.165, 1.54) is 29.1 Å². The fourth-order valence-electron chi connectivity index (χ4n) is 1.39. The van der Waals surface area contributed by atoms with Gasteiger partial charge in [0.15, 0.2) is 10.2 Å². The number of hydrogen-bond donors (Lipinski definition) is 0. The van der Waals surface area contributed by atoms with Crippen LogP contribution in [-0.4, -0.2) is 43.4 Å². The third-order valence-electron chi connectivity index (χ3n) is 2.58. The van der Waals surface area contributed by atoms with Crippen molar-refractivity contribution in [2.24, 2.45) is 0 Å². The second-order valence-corrected chi connectivity index (χ2v) is 7.03. The quantitative estimate of drug-likeness (QED) is 0.482. The molecule has 158 valence electrons. The van der Waals surface area contributed by atoms with Crippen LogP contribution < -0.4 is 0 Å². The Kier molecular flexibility index (Phi) is 28.8. The number of carbonyl (C=O) groups excluding carboxylic acids is 2. The van der Waals surface area contributed by atoms with Crippen LogP contribution in [0.3, 0.4) is 0 Å². The number of aryl methyl sites for hydroxylation is 1. The first-order valence-electron chi connectivity index (χ1n) is 9.44. The Morgan fingerprint density at radius 3 is 1.70 bits per heavy atom. The van der Waals surface area contributed by atoms with Gasteiger partial charge in [0, 0.05) is 32.0 Å². The van der Waals surface area contributed by atoms with E-state index >= 15 is 0 Å². The van der Waals surface area contributed by atoms with Gasteiger partial charge in [-0.3, -0.25) is 9.59 Å². The summed E-state index contributed by atoms with van der Waals surface area (Å²) in [6, 6.07) is 7.94. The lowest BCUT2D eigenvalue weighted by atomic mass is 10.2. The number of thioether (sulfide) groups is 2. The van der Waals surface area contributed by atoms with Gasteiger partial charge in [0.25, 0.3) is 0 Å². The Balaban J connectivity index is -0.000000384. The molecule has 0 aromatic heterocycles. The minimum Gasteiger partial charge on any atom is -0.384 e. The summed E-state index contributed by atoms with van der Waals surface area (Å²) in [5.74, 6) is 0.864. The molecule has 4 nitrogen and oxygen atoms in total. The highest BCUT2D eigenvalue weighted by atomic mass is 32.2. The molecular weight excluding hydrogens is 380 g/mol. The highest BCUT2D eigenvalue weighted by Gasteiger charge is 2.03. The van der Waals surface area contributed by atoms with Crippen LogP contribution in [0.2, 0.25) is 0 Å². The van der Waals surface area contributed by atoms with Gasteiger partial charge in [-0.1, -0.05) is 75.8 Å². The van der Waals surface area contributed by atoms with Crippen molar-refractivity contribution < 1.29 is 19.1 Å². The van der Waals surface area contributed by atoms with Crippen LogP contribution in [0.1, 0.15) is 53.0 Å². The highest BCUT2D eigenvalue weighted by Crippen LogP contribution is 2.20. The molecule has 0 heterocycles. The Morgan fingerprint density at radius 2 is 1.30 bits per heavy atom. The van der Waals surface area contributed by atoms with Gasteiger partial charge in [-0.05, 0) is 24.8 Å². The first kappa shape index (κ1) is 30.9. The number of benzene rings is 1. The van der Waals surface area contributed by atoms with Gasteiger partial charge in [0.1, 0.15) is 0 Å². The molecule has 1 rings (SSSR count). The molecule has 1 aromatic rings. The van der Waals surface area contributed by atoms with E-state index in [1.54, 1.807) is 14.2 Å². The van der Waals surface area contributed by atoms with Gasteiger partial charge in [-0.2, -0.15) is 0 Å². The van der Waals surface area contributed by atoms with Gasteiger partial charge in [-0.25, -0.2) is 0 Å². The molecule has 27 heavy (non-hydrogen) atoms. The number of rotatable bonds is 8. The van der Waals surface area contributed by atoms with E-state index in [1.807, 2.05) is 65.8 Å². The molecule has 0 saturated carbocycles. The largest absolute Gasteiger partial charge is 0.384 e. The van der Waals surface area contributed by atoms with E-state index in [9.17, 15) is 9.59 Å². The number of ether oxygens (including phenoxy) is 2. The van der Waals surface area contributed by atoms with Gasteiger partial charge >= 0.3 is 0 Å². The van der Waals surface area contributed by atoms with E-state index in [0.717, 1.165) is 10.6 Å². The molecule has 0 atom stereocenters. The summed E-state index contributed by atoms with van der Waals surface area (Å²) in [5.41, 5.74) is 1.21. The normalized spacial score (nSPS) is 8.89. The summed E-state index contributed by atoms with van der Waals surface area (Å²) >= 11 is 2.63. The Labute approximate surface area is 175 Å². The lowest BCUT2D eigenvalue weighted by Crippen LogP contribution is -1.97. The van der Waals surface area contributed by atoms with Crippen molar-refractivity contribution in [2.45, 2.75) is 59.3 Å². The average molecular weight is 419 g/mol. The third-order valence-corrected chi connectivity index (χ3v) is 4.33. The van der Waals surface area contributed by atoms with E-state index in [2.05, 4.69) is 0 Å². The van der Waals surface area contributed by atoms with Crippen LogP contribution >= 0.6 is 23.5 Å². The van der Waals surface area contributed by atoms with E-state index in [-0.39, 0.29) is 10.2 Å². The fraction of sp³-hybridized carbons (Fsp3) is 0.619. The summed E-state index contributed by atoms with van der Waals surface area (Å²) in [7, 11) is 3.20. The van der Waals surface area contributed by atoms with E-state index in [4.69, 9.17) is 9.47 Å². The van der Waals surface area contributed by atoms with E-state index < -0.39 is 0 Å². The molecule has 0 unspecified atom stereocenters. The van der Waals surface area contributed by atoms with Crippen LogP contribution in [0, 0.1) is 6.92 Å². The molecule has 0 N–H and O–H groups in total. The monoisotopic (exact) mass is 418 g/mol. The van der Waals surface area contributed by atoms with Crippen LogP contribution in [0.4, 0.5) is 0 Å². The molecule has 0 amide bonds. The minimum absolute atomic E-state index is 0.149. The lowest BCUT2D eigenvalue weighted by molar-refractivity contribution is -0.112. The zero-order valence-corrected chi connectivity index (χ0v) is 19.9. The van der Waals surface area contributed by atoms with Gasteiger partial charge in [0.05, 0.1) is 13.2 Å². The first-order valence-corrected chi connectivity index (χ1v) is 11.2. The Hall–Kier alpha value is -0.820. The molecule has 0 aliphatic heterocycles. The Morgan fingerprint density at radius 1 is 0.852 bits per heavy atom. The van der Waals surface area contributed by atoms with Crippen LogP contribution in [0.25, 0.3) is 0 Å². The molecule has 0 bridgehead atoms. The van der Waals surface area contributed by atoms with E-state index in [0.29, 0.717) is 26.1 Å². The molecule has 0 aliphatic rings. The smallest absolute Gasteiger partial charge is 0.195 e. The molecule has 0 spiro atoms. The maximum absolute atomic E-state index is 11.3. The standard InChI is InChI=1S/C11H14O2S.C6H12O2S.2C2H6/c1-9-3-5-10(6-4-9)14-11(12)7-8-13-2;1-3-9-6(7)4-5-8-2;2*1-2/h3-6H,7-8H2,1-2H3;3-5H2,1-2H3;2*1-2H3. The molecule has 0 saturated heterocycles. The number of carbonyl (C=O) groups is 2. The molecule has 1 aromatic carbocycles. The first-order chi connectivity index (χ1) is 13.0. The zero-order chi connectivity index (χ0) is 21.5. The lowest BCUT2D eigenvalue weighted by Gasteiger charge is -2.00. The fourth-order valence-corrected chi connectivity index (χ4v) is 2.66. The van der Waals surface area contributed by atoms with Crippen molar-refractivity contribution in [1.29, 1.82) is 0 Å². The number of methoxy groups -OCH3 is 2. The van der Waals surface area contributed by atoms with Crippen LogP contribution in [0.15, 0.2) is 29.2 Å². The van der Waals surface area contributed by atoms with Gasteiger partial charge in [-0.15, -0.1) is 0 Å². The highest BCUT2D eigenvalue weighted by molar-refractivity contribution is 8.13. The second kappa shape index (κ2) is 25.2. The van der Waals surface area contributed by atoms with Crippen molar-refractivity contribution in [1.82, 2.24) is 0 Å². The Bertz CT molecular complexity index is 448. The molecule has 0 radical (unpaired) electrons. The summed E-state index contributed by atoms with van der Waals surface area (Å²) < 4.78 is 9.56. The summed E-state index contributed by atoms with van der Waals surface area (Å²) in [4.78, 5) is 23.0. The van der Waals surface area contributed by atoms with Crippen molar-refractivity contribution >= 4 is 33.8 Å². The van der Waals surface area contributed by atoms with Gasteiger partial charge < -0.3 is 9.47 Å². The summed E-state index contributed by atoms with van der Waals surface area (Å²) in [6.07, 6.45) is 1.00. The molecular formula is C21H38O4S2. The third kappa shape index (κ3) is 23.1. The topological polar surface area (TPSA) is 52.6 Å². The summed E-state index contributed by atoms with van der Waals surface area (Å²) in [6.45, 7) is 13.0. The van der Waals surface area contributed by atoms with Gasteiger partial charge in [0.2, 0.25) is 0 Å². The molecule has 0 fully saturated rings. The zero-order valence-electron chi connectivity index (χ0n) is 18.3. The maximum Gasteiger partial charge on any atom is 0.195 e. The molecule has 6 heteroatoms. The maximum atomic E-state index is 11.3. The SMILES string of the molecule is CC.CC.CCSC(=O)CCOC.COCCC(=O)Sc1ccc(C)cc1. The molecule has 0 aliphatic carbocycles. The van der Waals surface area contributed by atoms with Crippen LogP contribution in [0.5, 0.6) is 0 Å². The van der Waals surface area contributed by atoms with Crippen molar-refractivity contribution in [3.63, 3.8) is 0 Å². The predicted octanol–water partition coefficient (Wildman–Crippen LogP) is 6.01. The minimum atomic E-state index is 0.149. The van der Waals surface area contributed by atoms with Crippen molar-refractivity contribution in [3.05, 3.63) is 29.8 Å². The average Bonchev–Trinajstić information content (AvgIpc) is 2.70. The predicted molar refractivity (Wildman–Crippen MR) is 121 cm³/mol. The van der Waals surface area contributed by atoms with Crippen molar-refractivity contribution in [3.8, 4) is 0 Å². The number of hydrogen-bond acceptors (Lipinski definition) is 6. The van der Waals surface area contributed by atoms with Crippen molar-refractivity contribution in [2.75, 3.05) is 33.2 Å². The summed E-state index contributed by atoms with van der Waals surface area (Å²) in [5, 5.41) is 0.370. The van der Waals surface area contributed by atoms with Crippen LogP contribution in [-0.2, 0) is 19.1 Å².